The Morgan fingerprint density at radius 1 is 0.618 bits per heavy atom. The molecule has 0 saturated carbocycles. The van der Waals surface area contributed by atoms with E-state index in [0.29, 0.717) is 13.4 Å². The summed E-state index contributed by atoms with van der Waals surface area (Å²) < 4.78 is 1.18. The molecule has 0 spiro atoms. The van der Waals surface area contributed by atoms with Gasteiger partial charge in [-0.15, -0.1) is 0 Å². The molecule has 3 aromatic heterocycles. The largest absolute Gasteiger partial charge is 0.367 e. The number of hydrogen-bond donors (Lipinski definition) is 0. The molecule has 0 amide bonds. The van der Waals surface area contributed by atoms with Gasteiger partial charge in [0.1, 0.15) is 32.1 Å². The molecule has 0 bridgehead atoms. The summed E-state index contributed by atoms with van der Waals surface area (Å²) in [6.45, 7) is 0. The maximum atomic E-state index is 12.6. The van der Waals surface area contributed by atoms with E-state index in [1.54, 1.807) is 0 Å². The molecule has 0 aromatic carbocycles. The lowest BCUT2D eigenvalue weighted by Gasteiger charge is -2.18. The Morgan fingerprint density at radius 3 is 1.15 bits per heavy atom. The van der Waals surface area contributed by atoms with Crippen LogP contribution in [-0.2, 0) is 14.5 Å². The van der Waals surface area contributed by atoms with E-state index in [-0.39, 0.29) is 37.5 Å². The molecule has 3 aromatic rings. The lowest BCUT2D eigenvalue weighted by molar-refractivity contribution is -0.449. The monoisotopic (exact) mass is 716 g/mol. The Bertz CT molecular complexity index is 1140. The first kappa shape index (κ1) is 26.7. The van der Waals surface area contributed by atoms with Crippen molar-refractivity contribution in [3.63, 3.8) is 0 Å². The van der Waals surface area contributed by atoms with Gasteiger partial charge in [-0.05, 0) is 66.0 Å². The van der Waals surface area contributed by atoms with Crippen LogP contribution in [0.1, 0.15) is 31.1 Å². The fourth-order valence-corrected chi connectivity index (χ4v) is 3.64. The maximum absolute atomic E-state index is 12.6. The molecule has 34 heavy (non-hydrogen) atoms. The number of hydrogen-bond acceptors (Lipinski definition) is 10. The van der Waals surface area contributed by atoms with Gasteiger partial charge in [0, 0.05) is 32.0 Å². The molecule has 0 aliphatic heterocycles. The van der Waals surface area contributed by atoms with Crippen molar-refractivity contribution in [3.8, 4) is 0 Å². The summed E-state index contributed by atoms with van der Waals surface area (Å²) in [6, 6.07) is 3.84. The second-order valence-corrected chi connectivity index (χ2v) is 9.66. The standard InChI is InChI=1S/C18H6Br3Cl3N4O6/c19-7-1-10(13(22)25-4-7)16(29)32-28(33-17(30)11-2-8(20)5-26-14(11)23)34-18(31)12-3-9(21)6-27-15(12)24/h1-6H. The molecular weight excluding hydrogens is 714 g/mol. The van der Waals surface area contributed by atoms with Gasteiger partial charge in [-0.3, -0.25) is 14.5 Å². The third-order valence-electron chi connectivity index (χ3n) is 3.55. The van der Waals surface area contributed by atoms with Crippen molar-refractivity contribution in [1.82, 2.24) is 20.3 Å². The third kappa shape index (κ3) is 6.84. The Balaban J connectivity index is 1.90. The van der Waals surface area contributed by atoms with Crippen LogP contribution >= 0.6 is 82.6 Å². The van der Waals surface area contributed by atoms with Crippen molar-refractivity contribution in [3.05, 3.63) is 82.4 Å². The fraction of sp³-hybridized carbons (Fsp3) is 0. The predicted octanol–water partition coefficient (Wildman–Crippen LogP) is 6.04. The topological polar surface area (TPSA) is 121 Å². The summed E-state index contributed by atoms with van der Waals surface area (Å²) in [4.78, 5) is 64.0. The molecule has 0 radical (unpaired) electrons. The van der Waals surface area contributed by atoms with Gasteiger partial charge in [0.15, 0.2) is 0 Å². The van der Waals surface area contributed by atoms with Gasteiger partial charge in [0.2, 0.25) is 5.39 Å². The molecular formula is C18H6Br3Cl3N4O6. The second-order valence-electron chi connectivity index (χ2n) is 5.84. The zero-order valence-corrected chi connectivity index (χ0v) is 23.0. The Morgan fingerprint density at radius 2 is 0.882 bits per heavy atom. The molecule has 10 nitrogen and oxygen atoms in total. The van der Waals surface area contributed by atoms with Crippen LogP contribution < -0.4 is 0 Å². The third-order valence-corrected chi connectivity index (χ3v) is 5.75. The number of carbonyl (C=O) groups excluding carboxylic acids is 3. The highest BCUT2D eigenvalue weighted by Crippen LogP contribution is 2.23. The minimum absolute atomic E-state index is 0.126. The zero-order chi connectivity index (χ0) is 25.0. The van der Waals surface area contributed by atoms with Crippen LogP contribution in [0.3, 0.4) is 0 Å². The second kappa shape index (κ2) is 11.7. The van der Waals surface area contributed by atoms with E-state index in [1.165, 1.54) is 36.8 Å². The summed E-state index contributed by atoms with van der Waals surface area (Å²) >= 11 is 27.2. The smallest absolute Gasteiger partial charge is 0.295 e. The molecule has 0 fully saturated rings. The van der Waals surface area contributed by atoms with Crippen LogP contribution in [0.5, 0.6) is 0 Å². The van der Waals surface area contributed by atoms with Crippen LogP contribution in [0.4, 0.5) is 0 Å². The zero-order valence-electron chi connectivity index (χ0n) is 16.0. The van der Waals surface area contributed by atoms with Gasteiger partial charge in [-0.2, -0.15) is 0 Å². The van der Waals surface area contributed by atoms with E-state index in [4.69, 9.17) is 49.3 Å². The molecule has 176 valence electrons. The first-order valence-corrected chi connectivity index (χ1v) is 12.0. The van der Waals surface area contributed by atoms with E-state index in [2.05, 4.69) is 62.7 Å². The van der Waals surface area contributed by atoms with Gasteiger partial charge in [0.05, 0.1) is 0 Å². The number of rotatable bonds is 6. The van der Waals surface area contributed by atoms with Crippen molar-refractivity contribution >= 4 is 101 Å². The van der Waals surface area contributed by atoms with Crippen molar-refractivity contribution in [2.24, 2.45) is 0 Å². The van der Waals surface area contributed by atoms with E-state index in [9.17, 15) is 14.4 Å². The van der Waals surface area contributed by atoms with E-state index < -0.39 is 17.9 Å². The quantitative estimate of drug-likeness (QED) is 0.220. The predicted molar refractivity (Wildman–Crippen MR) is 129 cm³/mol. The summed E-state index contributed by atoms with van der Waals surface area (Å²) in [6.07, 6.45) is 4.00. The van der Waals surface area contributed by atoms with Gasteiger partial charge in [-0.1, -0.05) is 34.8 Å². The average Bonchev–Trinajstić information content (AvgIpc) is 2.78. The van der Waals surface area contributed by atoms with Crippen LogP contribution in [0.2, 0.25) is 15.5 Å². The molecule has 0 unspecified atom stereocenters. The summed E-state index contributed by atoms with van der Waals surface area (Å²) in [5.41, 5.74) is -0.715. The van der Waals surface area contributed by atoms with Crippen molar-refractivity contribution in [2.45, 2.75) is 0 Å². The van der Waals surface area contributed by atoms with Crippen molar-refractivity contribution in [2.75, 3.05) is 0 Å². The Labute approximate surface area is 230 Å². The van der Waals surface area contributed by atoms with Crippen LogP contribution in [-0.4, -0.2) is 38.2 Å². The average molecular weight is 720 g/mol. The SMILES string of the molecule is O=C(ON(OC(=O)c1cc(Br)cnc1Cl)OC(=O)c1cc(Br)cnc1Cl)c1cc(Br)cnc1Cl. The Hall–Kier alpha value is -1.87. The summed E-state index contributed by atoms with van der Waals surface area (Å²) in [5, 5.41) is -0.823. The molecule has 0 saturated heterocycles. The minimum atomic E-state index is -1.18. The number of carbonyl (C=O) groups is 3. The molecule has 0 aliphatic rings. The van der Waals surface area contributed by atoms with Gasteiger partial charge in [0.25, 0.3) is 0 Å². The molecule has 0 N–H and O–H groups in total. The van der Waals surface area contributed by atoms with Gasteiger partial charge < -0.3 is 0 Å². The number of halogens is 6. The van der Waals surface area contributed by atoms with Crippen LogP contribution in [0, 0.1) is 0 Å². The lowest BCUT2D eigenvalue weighted by atomic mass is 10.3. The van der Waals surface area contributed by atoms with Crippen molar-refractivity contribution < 1.29 is 28.9 Å². The van der Waals surface area contributed by atoms with E-state index >= 15 is 0 Å². The van der Waals surface area contributed by atoms with Crippen LogP contribution in [0.15, 0.2) is 50.2 Å². The highest BCUT2D eigenvalue weighted by Gasteiger charge is 2.29. The summed E-state index contributed by atoms with van der Waals surface area (Å²) in [7, 11) is 0. The van der Waals surface area contributed by atoms with E-state index in [0.717, 1.165) is 0 Å². The number of pyridine rings is 3. The normalized spacial score (nSPS) is 10.7. The molecule has 16 heteroatoms. The van der Waals surface area contributed by atoms with Crippen LogP contribution in [0.25, 0.3) is 0 Å². The van der Waals surface area contributed by atoms with Gasteiger partial charge in [-0.25, -0.2) is 29.3 Å². The minimum Gasteiger partial charge on any atom is -0.295 e. The Kier molecular flexibility index (Phi) is 9.20. The lowest BCUT2D eigenvalue weighted by Crippen LogP contribution is -2.33. The molecule has 0 aliphatic carbocycles. The highest BCUT2D eigenvalue weighted by molar-refractivity contribution is 9.11. The maximum Gasteiger partial charge on any atom is 0.367 e. The molecule has 0 atom stereocenters. The summed E-state index contributed by atoms with van der Waals surface area (Å²) in [5.74, 6) is -3.55. The number of aromatic nitrogens is 3. The highest BCUT2D eigenvalue weighted by atomic mass is 79.9. The van der Waals surface area contributed by atoms with Crippen molar-refractivity contribution in [1.29, 1.82) is 0 Å². The molecule has 3 heterocycles. The number of nitrogens with zero attached hydrogens (tertiary/aromatic N) is 4. The first-order valence-electron chi connectivity index (χ1n) is 8.45. The van der Waals surface area contributed by atoms with Gasteiger partial charge >= 0.3 is 17.9 Å². The first-order chi connectivity index (χ1) is 16.0. The van der Waals surface area contributed by atoms with E-state index in [1.807, 2.05) is 0 Å². The fourth-order valence-electron chi connectivity index (χ4n) is 2.10. The molecule has 3 rings (SSSR count).